The van der Waals surface area contributed by atoms with E-state index in [4.69, 9.17) is 0 Å². The van der Waals surface area contributed by atoms with Gasteiger partial charge in [-0.15, -0.1) is 0 Å². The third-order valence-corrected chi connectivity index (χ3v) is 4.04. The fraction of sp³-hybridized carbons (Fsp3) is 0.375. The minimum absolute atomic E-state index is 0.0773. The van der Waals surface area contributed by atoms with E-state index in [1.807, 2.05) is 0 Å². The summed E-state index contributed by atoms with van der Waals surface area (Å²) in [7, 11) is 0. The van der Waals surface area contributed by atoms with Crippen molar-refractivity contribution in [3.63, 3.8) is 0 Å². The average molecular weight is 320 g/mol. The number of amides is 1. The standard InChI is InChI=1S/C16H18F2N4O/c17-12-2-3-13(18)10(7-12)1-4-15(23)21-14-9-20-22-16(14)11-5-6-19-8-11/h2-3,7,9,11,19H,1,4-6,8H2,(H,20,22)(H,21,23). The normalized spacial score (nSPS) is 17.4. The second-order valence-electron chi connectivity index (χ2n) is 5.67. The predicted octanol–water partition coefficient (Wildman–Crippen LogP) is 2.34. The highest BCUT2D eigenvalue weighted by molar-refractivity contribution is 5.91. The zero-order valence-corrected chi connectivity index (χ0v) is 12.5. The van der Waals surface area contributed by atoms with Crippen molar-refractivity contribution >= 4 is 11.6 Å². The van der Waals surface area contributed by atoms with Gasteiger partial charge < -0.3 is 10.6 Å². The van der Waals surface area contributed by atoms with Crippen molar-refractivity contribution in [1.82, 2.24) is 15.5 Å². The number of aromatic amines is 1. The van der Waals surface area contributed by atoms with Crippen molar-refractivity contribution in [3.05, 3.63) is 47.3 Å². The molecule has 23 heavy (non-hydrogen) atoms. The summed E-state index contributed by atoms with van der Waals surface area (Å²) in [6, 6.07) is 3.26. The molecule has 2 aromatic rings. The lowest BCUT2D eigenvalue weighted by molar-refractivity contribution is -0.116. The molecule has 5 nitrogen and oxygen atoms in total. The minimum atomic E-state index is -0.507. The summed E-state index contributed by atoms with van der Waals surface area (Å²) in [5.74, 6) is -0.955. The van der Waals surface area contributed by atoms with Crippen LogP contribution in [0.3, 0.4) is 0 Å². The number of anilines is 1. The van der Waals surface area contributed by atoms with Crippen LogP contribution in [-0.4, -0.2) is 29.2 Å². The largest absolute Gasteiger partial charge is 0.323 e. The first-order valence-corrected chi connectivity index (χ1v) is 7.61. The van der Waals surface area contributed by atoms with Crippen LogP contribution in [0.2, 0.25) is 0 Å². The van der Waals surface area contributed by atoms with Crippen LogP contribution in [0.1, 0.15) is 30.0 Å². The molecule has 1 fully saturated rings. The second kappa shape index (κ2) is 6.87. The van der Waals surface area contributed by atoms with Crippen LogP contribution in [0.15, 0.2) is 24.4 Å². The molecule has 3 rings (SSSR count). The van der Waals surface area contributed by atoms with Gasteiger partial charge in [-0.05, 0) is 43.1 Å². The van der Waals surface area contributed by atoms with Gasteiger partial charge in [0.1, 0.15) is 11.6 Å². The van der Waals surface area contributed by atoms with E-state index in [0.29, 0.717) is 11.6 Å². The molecule has 0 bridgehead atoms. The Hall–Kier alpha value is -2.28. The summed E-state index contributed by atoms with van der Waals surface area (Å²) in [5.41, 5.74) is 1.76. The van der Waals surface area contributed by atoms with Gasteiger partial charge in [-0.25, -0.2) is 8.78 Å². The van der Waals surface area contributed by atoms with E-state index in [1.165, 1.54) is 0 Å². The van der Waals surface area contributed by atoms with E-state index in [9.17, 15) is 13.6 Å². The molecule has 7 heteroatoms. The molecule has 1 saturated heterocycles. The maximum atomic E-state index is 13.5. The van der Waals surface area contributed by atoms with Crippen LogP contribution in [0.5, 0.6) is 0 Å². The second-order valence-corrected chi connectivity index (χ2v) is 5.67. The summed E-state index contributed by atoms with van der Waals surface area (Å²) >= 11 is 0. The lowest BCUT2D eigenvalue weighted by Crippen LogP contribution is -2.15. The van der Waals surface area contributed by atoms with Crippen molar-refractivity contribution in [2.24, 2.45) is 0 Å². The molecular formula is C16H18F2N4O. The predicted molar refractivity (Wildman–Crippen MR) is 82.1 cm³/mol. The number of aromatic nitrogens is 2. The number of H-pyrrole nitrogens is 1. The zero-order valence-electron chi connectivity index (χ0n) is 12.5. The van der Waals surface area contributed by atoms with Gasteiger partial charge in [-0.2, -0.15) is 5.10 Å². The number of carbonyl (C=O) groups is 1. The fourth-order valence-corrected chi connectivity index (χ4v) is 2.80. The summed E-state index contributed by atoms with van der Waals surface area (Å²) in [5, 5.41) is 13.0. The van der Waals surface area contributed by atoms with Gasteiger partial charge in [0.2, 0.25) is 5.91 Å². The number of nitrogens with one attached hydrogen (secondary N) is 3. The first kappa shape index (κ1) is 15.6. The highest BCUT2D eigenvalue weighted by Crippen LogP contribution is 2.26. The smallest absolute Gasteiger partial charge is 0.224 e. The Morgan fingerprint density at radius 2 is 2.26 bits per heavy atom. The van der Waals surface area contributed by atoms with E-state index in [2.05, 4.69) is 20.8 Å². The number of hydrogen-bond donors (Lipinski definition) is 3. The van der Waals surface area contributed by atoms with Crippen molar-refractivity contribution < 1.29 is 13.6 Å². The Morgan fingerprint density at radius 3 is 3.04 bits per heavy atom. The van der Waals surface area contributed by atoms with E-state index in [-0.39, 0.29) is 24.3 Å². The average Bonchev–Trinajstić information content (AvgIpc) is 3.19. The quantitative estimate of drug-likeness (QED) is 0.792. The van der Waals surface area contributed by atoms with Crippen LogP contribution in [-0.2, 0) is 11.2 Å². The van der Waals surface area contributed by atoms with Crippen LogP contribution in [0.25, 0.3) is 0 Å². The summed E-state index contributed by atoms with van der Waals surface area (Å²) in [6.07, 6.45) is 2.79. The van der Waals surface area contributed by atoms with Gasteiger partial charge in [0, 0.05) is 18.9 Å². The molecule has 122 valence electrons. The summed E-state index contributed by atoms with van der Waals surface area (Å²) in [6.45, 7) is 1.79. The highest BCUT2D eigenvalue weighted by atomic mass is 19.1. The number of rotatable bonds is 5. The number of halogens is 2. The molecule has 1 aromatic carbocycles. The molecule has 1 aliphatic heterocycles. The number of aryl methyl sites for hydroxylation is 1. The number of nitrogens with zero attached hydrogens (tertiary/aromatic N) is 1. The molecule has 0 radical (unpaired) electrons. The molecule has 1 aromatic heterocycles. The third kappa shape index (κ3) is 3.73. The fourth-order valence-electron chi connectivity index (χ4n) is 2.80. The highest BCUT2D eigenvalue weighted by Gasteiger charge is 2.22. The number of benzene rings is 1. The van der Waals surface area contributed by atoms with Gasteiger partial charge in [0.25, 0.3) is 0 Å². The Labute approximate surface area is 132 Å². The van der Waals surface area contributed by atoms with Crippen molar-refractivity contribution in [3.8, 4) is 0 Å². The number of carbonyl (C=O) groups excluding carboxylic acids is 1. The molecule has 0 saturated carbocycles. The zero-order chi connectivity index (χ0) is 16.2. The van der Waals surface area contributed by atoms with E-state index >= 15 is 0 Å². The lowest BCUT2D eigenvalue weighted by atomic mass is 10.0. The molecule has 1 aliphatic rings. The number of hydrogen-bond acceptors (Lipinski definition) is 3. The van der Waals surface area contributed by atoms with Crippen LogP contribution in [0.4, 0.5) is 14.5 Å². The Bertz CT molecular complexity index is 695. The molecule has 1 atom stereocenters. The molecule has 0 aliphatic carbocycles. The van der Waals surface area contributed by atoms with E-state index in [0.717, 1.165) is 43.4 Å². The van der Waals surface area contributed by atoms with Crippen LogP contribution in [0, 0.1) is 11.6 Å². The first-order valence-electron chi connectivity index (χ1n) is 7.61. The minimum Gasteiger partial charge on any atom is -0.323 e. The monoisotopic (exact) mass is 320 g/mol. The van der Waals surface area contributed by atoms with Gasteiger partial charge in [0.05, 0.1) is 17.6 Å². The van der Waals surface area contributed by atoms with Gasteiger partial charge in [0.15, 0.2) is 0 Å². The van der Waals surface area contributed by atoms with Gasteiger partial charge in [-0.1, -0.05) is 0 Å². The summed E-state index contributed by atoms with van der Waals surface area (Å²) in [4.78, 5) is 12.1. The molecule has 3 N–H and O–H groups in total. The first-order chi connectivity index (χ1) is 11.1. The van der Waals surface area contributed by atoms with Crippen molar-refractivity contribution in [2.45, 2.75) is 25.2 Å². The van der Waals surface area contributed by atoms with E-state index in [1.54, 1.807) is 6.20 Å². The molecule has 0 spiro atoms. The molecular weight excluding hydrogens is 302 g/mol. The van der Waals surface area contributed by atoms with Gasteiger partial charge >= 0.3 is 0 Å². The Kier molecular flexibility index (Phi) is 4.66. The SMILES string of the molecule is O=C(CCc1cc(F)ccc1F)Nc1cn[nH]c1C1CCNC1. The van der Waals surface area contributed by atoms with Crippen molar-refractivity contribution in [2.75, 3.05) is 18.4 Å². The molecule has 2 heterocycles. The Morgan fingerprint density at radius 1 is 1.39 bits per heavy atom. The van der Waals surface area contributed by atoms with Crippen LogP contribution < -0.4 is 10.6 Å². The molecule has 1 unspecified atom stereocenters. The van der Waals surface area contributed by atoms with E-state index < -0.39 is 11.6 Å². The summed E-state index contributed by atoms with van der Waals surface area (Å²) < 4.78 is 26.7. The van der Waals surface area contributed by atoms with Crippen LogP contribution >= 0.6 is 0 Å². The Balaban J connectivity index is 1.59. The maximum absolute atomic E-state index is 13.5. The molecule has 1 amide bonds. The lowest BCUT2D eigenvalue weighted by Gasteiger charge is -2.10. The maximum Gasteiger partial charge on any atom is 0.224 e. The van der Waals surface area contributed by atoms with Crippen molar-refractivity contribution in [1.29, 1.82) is 0 Å². The third-order valence-electron chi connectivity index (χ3n) is 4.04. The topological polar surface area (TPSA) is 69.8 Å². The van der Waals surface area contributed by atoms with Gasteiger partial charge in [-0.3, -0.25) is 9.89 Å².